The van der Waals surface area contributed by atoms with Crippen molar-refractivity contribution in [2.75, 3.05) is 5.32 Å². The summed E-state index contributed by atoms with van der Waals surface area (Å²) in [5, 5.41) is 12.8. The van der Waals surface area contributed by atoms with E-state index in [1.165, 1.54) is 6.08 Å². The van der Waals surface area contributed by atoms with E-state index in [4.69, 9.17) is 27.9 Å². The molecule has 3 aromatic carbocycles. The van der Waals surface area contributed by atoms with Crippen molar-refractivity contribution in [2.24, 2.45) is 0 Å². The molecule has 0 aromatic heterocycles. The van der Waals surface area contributed by atoms with E-state index in [1.54, 1.807) is 18.2 Å². The predicted octanol–water partition coefficient (Wildman–Crippen LogP) is 6.73. The second kappa shape index (κ2) is 10.2. The molecule has 0 aliphatic rings. The lowest BCUT2D eigenvalue weighted by molar-refractivity contribution is -0.112. The van der Waals surface area contributed by atoms with Crippen LogP contribution in [0.5, 0.6) is 5.75 Å². The largest absolute Gasteiger partial charge is 0.486 e. The maximum absolute atomic E-state index is 12.5. The number of nitrogens with one attached hydrogen (secondary N) is 1. The number of hydrogen-bond acceptors (Lipinski definition) is 3. The molecule has 0 fully saturated rings. The van der Waals surface area contributed by atoms with Gasteiger partial charge in [-0.1, -0.05) is 71.2 Å². The Morgan fingerprint density at radius 1 is 1.06 bits per heavy atom. The van der Waals surface area contributed by atoms with E-state index in [0.29, 0.717) is 33.7 Å². The van der Waals surface area contributed by atoms with Crippen molar-refractivity contribution in [2.45, 2.75) is 20.5 Å². The quantitative estimate of drug-likeness (QED) is 0.334. The van der Waals surface area contributed by atoms with Crippen LogP contribution in [0.2, 0.25) is 10.0 Å². The number of aryl methyl sites for hydroxylation is 2. The smallest absolute Gasteiger partial charge is 0.266 e. The van der Waals surface area contributed by atoms with E-state index in [-0.39, 0.29) is 5.57 Å². The van der Waals surface area contributed by atoms with E-state index in [0.717, 1.165) is 16.7 Å². The minimum atomic E-state index is -0.510. The highest BCUT2D eigenvalue weighted by atomic mass is 35.5. The fraction of sp³-hybridized carbons (Fsp3) is 0.120. The van der Waals surface area contributed by atoms with Crippen molar-refractivity contribution in [3.05, 3.63) is 98.5 Å². The predicted molar refractivity (Wildman–Crippen MR) is 125 cm³/mol. The standard InChI is InChI=1S/C25H20Cl2N2O2/c1-16-7-9-18(10-8-16)15-31-24-21(26)12-19(13-22(24)27)11-20(14-28)25(30)29-23-6-4-3-5-17(23)2/h3-13H,15H2,1-2H3,(H,29,30)/b20-11-. The molecule has 1 N–H and O–H groups in total. The second-order valence-corrected chi connectivity index (χ2v) is 7.84. The van der Waals surface area contributed by atoms with Gasteiger partial charge >= 0.3 is 0 Å². The summed E-state index contributed by atoms with van der Waals surface area (Å²) < 4.78 is 5.79. The molecule has 0 aliphatic heterocycles. The van der Waals surface area contributed by atoms with Crippen molar-refractivity contribution in [1.29, 1.82) is 5.26 Å². The van der Waals surface area contributed by atoms with Gasteiger partial charge in [-0.15, -0.1) is 0 Å². The van der Waals surface area contributed by atoms with Crippen LogP contribution in [0.1, 0.15) is 22.3 Å². The van der Waals surface area contributed by atoms with Gasteiger partial charge in [0, 0.05) is 5.69 Å². The van der Waals surface area contributed by atoms with Crippen LogP contribution < -0.4 is 10.1 Å². The Bertz CT molecular complexity index is 1160. The Morgan fingerprint density at radius 2 is 1.71 bits per heavy atom. The van der Waals surface area contributed by atoms with Gasteiger partial charge in [-0.3, -0.25) is 4.79 Å². The molecule has 3 aromatic rings. The monoisotopic (exact) mass is 450 g/mol. The number of carbonyl (C=O) groups is 1. The van der Waals surface area contributed by atoms with Gasteiger partial charge in [0.1, 0.15) is 18.2 Å². The lowest BCUT2D eigenvalue weighted by atomic mass is 10.1. The molecule has 0 unspecified atom stereocenters. The SMILES string of the molecule is Cc1ccc(COc2c(Cl)cc(/C=C(/C#N)C(=O)Nc3ccccc3C)cc2Cl)cc1. The van der Waals surface area contributed by atoms with E-state index >= 15 is 0 Å². The summed E-state index contributed by atoms with van der Waals surface area (Å²) in [6.45, 7) is 4.21. The number of carbonyl (C=O) groups excluding carboxylic acids is 1. The van der Waals surface area contributed by atoms with Crippen LogP contribution in [0.4, 0.5) is 5.69 Å². The highest BCUT2D eigenvalue weighted by Crippen LogP contribution is 2.35. The number of nitrogens with zero attached hydrogens (tertiary/aromatic N) is 1. The first-order chi connectivity index (χ1) is 14.9. The highest BCUT2D eigenvalue weighted by molar-refractivity contribution is 6.37. The lowest BCUT2D eigenvalue weighted by Crippen LogP contribution is -2.14. The molecule has 0 spiro atoms. The molecular formula is C25H20Cl2N2O2. The molecule has 0 atom stereocenters. The molecule has 0 radical (unpaired) electrons. The Hall–Kier alpha value is -3.26. The van der Waals surface area contributed by atoms with Crippen molar-refractivity contribution in [1.82, 2.24) is 0 Å². The molecule has 0 saturated carbocycles. The highest BCUT2D eigenvalue weighted by Gasteiger charge is 2.14. The molecule has 0 saturated heterocycles. The summed E-state index contributed by atoms with van der Waals surface area (Å²) in [7, 11) is 0. The van der Waals surface area contributed by atoms with Gasteiger partial charge in [-0.25, -0.2) is 0 Å². The Labute approximate surface area is 191 Å². The summed E-state index contributed by atoms with van der Waals surface area (Å²) >= 11 is 12.7. The van der Waals surface area contributed by atoms with Gasteiger partial charge in [0.2, 0.25) is 0 Å². The van der Waals surface area contributed by atoms with E-state index < -0.39 is 5.91 Å². The number of para-hydroxylation sites is 1. The van der Waals surface area contributed by atoms with Crippen molar-refractivity contribution in [3.8, 4) is 11.8 Å². The van der Waals surface area contributed by atoms with Gasteiger partial charge in [0.15, 0.2) is 5.75 Å². The molecular weight excluding hydrogens is 431 g/mol. The van der Waals surface area contributed by atoms with E-state index in [2.05, 4.69) is 5.32 Å². The number of rotatable bonds is 6. The molecule has 1 amide bonds. The summed E-state index contributed by atoms with van der Waals surface area (Å²) in [5.41, 5.74) is 4.15. The first kappa shape index (κ1) is 22.4. The van der Waals surface area contributed by atoms with Crippen LogP contribution in [-0.4, -0.2) is 5.91 Å². The van der Waals surface area contributed by atoms with E-state index in [9.17, 15) is 10.1 Å². The van der Waals surface area contributed by atoms with Crippen LogP contribution in [0.25, 0.3) is 6.08 Å². The number of benzene rings is 3. The third-order valence-corrected chi connectivity index (χ3v) is 5.16. The number of amides is 1. The lowest BCUT2D eigenvalue weighted by Gasteiger charge is -2.11. The average molecular weight is 451 g/mol. The van der Waals surface area contributed by atoms with Crippen LogP contribution in [0.15, 0.2) is 66.2 Å². The Balaban J connectivity index is 1.78. The second-order valence-electron chi connectivity index (χ2n) is 7.03. The zero-order valence-corrected chi connectivity index (χ0v) is 18.6. The number of ether oxygens (including phenoxy) is 1. The van der Waals surface area contributed by atoms with Crippen LogP contribution in [-0.2, 0) is 11.4 Å². The third kappa shape index (κ3) is 5.88. The van der Waals surface area contributed by atoms with Crippen LogP contribution in [0.3, 0.4) is 0 Å². The topological polar surface area (TPSA) is 62.1 Å². The number of anilines is 1. The van der Waals surface area contributed by atoms with Crippen molar-refractivity contribution in [3.63, 3.8) is 0 Å². The minimum Gasteiger partial charge on any atom is -0.486 e. The zero-order chi connectivity index (χ0) is 22.4. The number of halogens is 2. The maximum Gasteiger partial charge on any atom is 0.266 e. The summed E-state index contributed by atoms with van der Waals surface area (Å²) in [5.74, 6) is -0.160. The fourth-order valence-electron chi connectivity index (χ4n) is 2.86. The average Bonchev–Trinajstić information content (AvgIpc) is 2.74. The molecule has 0 heterocycles. The summed E-state index contributed by atoms with van der Waals surface area (Å²) in [6, 6.07) is 20.4. The van der Waals surface area contributed by atoms with Crippen LogP contribution >= 0.6 is 23.2 Å². The van der Waals surface area contributed by atoms with Crippen molar-refractivity contribution >= 4 is 40.9 Å². The first-order valence-electron chi connectivity index (χ1n) is 9.53. The van der Waals surface area contributed by atoms with Gasteiger partial charge in [0.25, 0.3) is 5.91 Å². The summed E-state index contributed by atoms with van der Waals surface area (Å²) in [4.78, 5) is 12.5. The van der Waals surface area contributed by atoms with Gasteiger partial charge in [0.05, 0.1) is 10.0 Å². The fourth-order valence-corrected chi connectivity index (χ4v) is 3.47. The van der Waals surface area contributed by atoms with Crippen molar-refractivity contribution < 1.29 is 9.53 Å². The minimum absolute atomic E-state index is 0.0660. The molecule has 4 nitrogen and oxygen atoms in total. The van der Waals surface area contributed by atoms with Gasteiger partial charge in [-0.2, -0.15) is 5.26 Å². The summed E-state index contributed by atoms with van der Waals surface area (Å²) in [6.07, 6.45) is 1.44. The van der Waals surface area contributed by atoms with Gasteiger partial charge < -0.3 is 10.1 Å². The van der Waals surface area contributed by atoms with Crippen LogP contribution in [0, 0.1) is 25.2 Å². The number of hydrogen-bond donors (Lipinski definition) is 1. The Kier molecular flexibility index (Phi) is 7.36. The van der Waals surface area contributed by atoms with Gasteiger partial charge in [-0.05, 0) is 54.8 Å². The molecule has 6 heteroatoms. The number of nitriles is 1. The molecule has 3 rings (SSSR count). The van der Waals surface area contributed by atoms with E-state index in [1.807, 2.05) is 62.4 Å². The molecule has 156 valence electrons. The molecule has 31 heavy (non-hydrogen) atoms. The Morgan fingerprint density at radius 3 is 2.32 bits per heavy atom. The first-order valence-corrected chi connectivity index (χ1v) is 10.3. The zero-order valence-electron chi connectivity index (χ0n) is 17.1. The third-order valence-electron chi connectivity index (χ3n) is 4.59. The maximum atomic E-state index is 12.5. The normalized spacial score (nSPS) is 11.0. The molecule has 0 bridgehead atoms. The molecule has 0 aliphatic carbocycles.